The lowest BCUT2D eigenvalue weighted by Crippen LogP contribution is -2.50. The van der Waals surface area contributed by atoms with Gasteiger partial charge in [0.15, 0.2) is 5.82 Å². The summed E-state index contributed by atoms with van der Waals surface area (Å²) in [5.41, 5.74) is 0.971. The average Bonchev–Trinajstić information content (AvgIpc) is 3.16. The molecular formula is C23H24BrF2N5O2. The van der Waals surface area contributed by atoms with Crippen LogP contribution in [0.3, 0.4) is 0 Å². The summed E-state index contributed by atoms with van der Waals surface area (Å²) in [5, 5.41) is 4.42. The summed E-state index contributed by atoms with van der Waals surface area (Å²) in [6.45, 7) is 6.87. The number of nitrogens with zero attached hydrogens (tertiary/aromatic N) is 5. The van der Waals surface area contributed by atoms with Crippen LogP contribution in [0.4, 0.5) is 19.3 Å². The maximum absolute atomic E-state index is 15.0. The Morgan fingerprint density at radius 3 is 2.27 bits per heavy atom. The summed E-state index contributed by atoms with van der Waals surface area (Å²) in [7, 11) is 0. The Bertz CT molecular complexity index is 1160. The maximum atomic E-state index is 15.0. The van der Waals surface area contributed by atoms with E-state index in [1.165, 1.54) is 10.7 Å². The molecule has 0 spiro atoms. The van der Waals surface area contributed by atoms with Gasteiger partial charge in [-0.25, -0.2) is 18.3 Å². The van der Waals surface area contributed by atoms with Gasteiger partial charge in [-0.3, -0.25) is 4.98 Å². The van der Waals surface area contributed by atoms with Crippen molar-refractivity contribution in [1.82, 2.24) is 19.7 Å². The Hall–Kier alpha value is -3.01. The number of ether oxygens (including phenoxy) is 1. The largest absolute Gasteiger partial charge is 0.444 e. The first-order valence-electron chi connectivity index (χ1n) is 10.5. The van der Waals surface area contributed by atoms with Crippen molar-refractivity contribution in [2.24, 2.45) is 0 Å². The summed E-state index contributed by atoms with van der Waals surface area (Å²) in [4.78, 5) is 19.5. The molecule has 0 bridgehead atoms. The predicted molar refractivity (Wildman–Crippen MR) is 124 cm³/mol. The van der Waals surface area contributed by atoms with Crippen molar-refractivity contribution >= 4 is 27.7 Å². The van der Waals surface area contributed by atoms with Gasteiger partial charge >= 0.3 is 6.09 Å². The molecule has 174 valence electrons. The molecule has 0 aliphatic carbocycles. The number of anilines is 1. The van der Waals surface area contributed by atoms with Gasteiger partial charge in [-0.1, -0.05) is 0 Å². The molecule has 4 rings (SSSR count). The maximum Gasteiger partial charge on any atom is 0.410 e. The highest BCUT2D eigenvalue weighted by Crippen LogP contribution is 2.30. The van der Waals surface area contributed by atoms with E-state index in [2.05, 4.69) is 26.0 Å². The minimum Gasteiger partial charge on any atom is -0.444 e. The summed E-state index contributed by atoms with van der Waals surface area (Å²) >= 11 is 3.44. The van der Waals surface area contributed by atoms with E-state index < -0.39 is 23.3 Å². The lowest BCUT2D eigenvalue weighted by Gasteiger charge is -2.36. The number of rotatable bonds is 3. The number of pyridine rings is 1. The van der Waals surface area contributed by atoms with Crippen LogP contribution >= 0.6 is 15.9 Å². The molecular weight excluding hydrogens is 496 g/mol. The van der Waals surface area contributed by atoms with Crippen molar-refractivity contribution in [3.05, 3.63) is 59.0 Å². The molecule has 0 atom stereocenters. The molecule has 1 aliphatic rings. The van der Waals surface area contributed by atoms with E-state index in [0.717, 1.165) is 11.6 Å². The second-order valence-electron chi connectivity index (χ2n) is 8.72. The van der Waals surface area contributed by atoms with Gasteiger partial charge in [0.2, 0.25) is 0 Å². The third-order valence-electron chi connectivity index (χ3n) is 5.16. The number of hydrogen-bond acceptors (Lipinski definition) is 5. The van der Waals surface area contributed by atoms with Crippen molar-refractivity contribution in [3.63, 3.8) is 0 Å². The molecule has 0 N–H and O–H groups in total. The Morgan fingerprint density at radius 2 is 1.64 bits per heavy atom. The zero-order chi connectivity index (χ0) is 23.8. The van der Waals surface area contributed by atoms with Gasteiger partial charge in [-0.05, 0) is 48.8 Å². The average molecular weight is 520 g/mol. The second-order valence-corrected chi connectivity index (χ2v) is 9.57. The van der Waals surface area contributed by atoms with Crippen molar-refractivity contribution < 1.29 is 18.3 Å². The Balaban J connectivity index is 1.52. The first kappa shape index (κ1) is 23.2. The lowest BCUT2D eigenvalue weighted by atomic mass is 10.2. The molecule has 2 aromatic heterocycles. The van der Waals surface area contributed by atoms with Crippen molar-refractivity contribution in [3.8, 4) is 16.9 Å². The van der Waals surface area contributed by atoms with Crippen molar-refractivity contribution in [1.29, 1.82) is 0 Å². The van der Waals surface area contributed by atoms with Crippen molar-refractivity contribution in [2.45, 2.75) is 26.4 Å². The van der Waals surface area contributed by atoms with Crippen molar-refractivity contribution in [2.75, 3.05) is 31.1 Å². The van der Waals surface area contributed by atoms with E-state index in [1.807, 2.05) is 0 Å². The summed E-state index contributed by atoms with van der Waals surface area (Å²) < 4.78 is 37.4. The van der Waals surface area contributed by atoms with Crippen LogP contribution in [0, 0.1) is 11.6 Å². The summed E-state index contributed by atoms with van der Waals surface area (Å²) in [5.74, 6) is -1.16. The minimum absolute atomic E-state index is 0.00430. The number of halogens is 3. The molecule has 0 saturated carbocycles. The van der Waals surface area contributed by atoms with E-state index in [9.17, 15) is 4.79 Å². The van der Waals surface area contributed by atoms with E-state index in [1.54, 1.807) is 61.3 Å². The van der Waals surface area contributed by atoms with Crippen LogP contribution in [0.5, 0.6) is 0 Å². The molecule has 1 aromatic carbocycles. The van der Waals surface area contributed by atoms with Crippen LogP contribution in [0.15, 0.2) is 47.3 Å². The van der Waals surface area contributed by atoms with Gasteiger partial charge in [-0.2, -0.15) is 5.10 Å². The molecule has 10 heteroatoms. The molecule has 1 fully saturated rings. The fourth-order valence-corrected chi connectivity index (χ4v) is 4.08. The standard InChI is InChI=1S/C23H24BrF2N5O2/c1-23(2,3)33-22(32)30-10-8-29(9-11-30)19-12-18(26)20(13-17(19)25)31-14-16(24)21(28-31)15-4-6-27-7-5-15/h4-7,12-14H,8-11H2,1-3H3. The van der Waals surface area contributed by atoms with Crippen LogP contribution in [0.1, 0.15) is 20.8 Å². The highest BCUT2D eigenvalue weighted by Gasteiger charge is 2.27. The summed E-state index contributed by atoms with van der Waals surface area (Å²) in [6, 6.07) is 5.89. The Labute approximate surface area is 199 Å². The summed E-state index contributed by atoms with van der Waals surface area (Å²) in [6.07, 6.45) is 4.46. The molecule has 3 aromatic rings. The van der Waals surface area contributed by atoms with E-state index >= 15 is 8.78 Å². The minimum atomic E-state index is -0.600. The Morgan fingerprint density at radius 1 is 1.03 bits per heavy atom. The fraction of sp³-hybridized carbons (Fsp3) is 0.348. The highest BCUT2D eigenvalue weighted by molar-refractivity contribution is 9.10. The molecule has 0 radical (unpaired) electrons. The first-order chi connectivity index (χ1) is 15.6. The van der Waals surface area contributed by atoms with Crippen LogP contribution < -0.4 is 4.90 Å². The quantitative estimate of drug-likeness (QED) is 0.485. The molecule has 0 unspecified atom stereocenters. The lowest BCUT2D eigenvalue weighted by molar-refractivity contribution is 0.0240. The predicted octanol–water partition coefficient (Wildman–Crippen LogP) is 5.03. The molecule has 7 nitrogen and oxygen atoms in total. The zero-order valence-electron chi connectivity index (χ0n) is 18.6. The fourth-order valence-electron chi connectivity index (χ4n) is 3.58. The normalized spacial score (nSPS) is 14.5. The molecule has 1 amide bonds. The Kier molecular flexibility index (Phi) is 6.38. The monoisotopic (exact) mass is 519 g/mol. The van der Waals surface area contributed by atoms with Crippen LogP contribution in [-0.4, -0.2) is 57.5 Å². The highest BCUT2D eigenvalue weighted by atomic mass is 79.9. The number of piperazine rings is 1. The number of hydrogen-bond donors (Lipinski definition) is 0. The molecule has 3 heterocycles. The van der Waals surface area contributed by atoms with Gasteiger partial charge in [0, 0.05) is 62.5 Å². The van der Waals surface area contributed by atoms with E-state index in [0.29, 0.717) is 36.3 Å². The molecule has 1 aliphatic heterocycles. The van der Waals surface area contributed by atoms with Gasteiger partial charge in [0.05, 0.1) is 10.2 Å². The van der Waals surface area contributed by atoms with Gasteiger partial charge in [0.25, 0.3) is 0 Å². The molecule has 1 saturated heterocycles. The number of carbonyl (C=O) groups excluding carboxylic acids is 1. The topological polar surface area (TPSA) is 63.5 Å². The zero-order valence-corrected chi connectivity index (χ0v) is 20.1. The number of aromatic nitrogens is 3. The first-order valence-corrected chi connectivity index (χ1v) is 11.3. The number of amides is 1. The third kappa shape index (κ3) is 5.16. The smallest absolute Gasteiger partial charge is 0.410 e. The van der Waals surface area contributed by atoms with Gasteiger partial charge < -0.3 is 14.5 Å². The van der Waals surface area contributed by atoms with Gasteiger partial charge in [-0.15, -0.1) is 0 Å². The molecule has 33 heavy (non-hydrogen) atoms. The second kappa shape index (κ2) is 9.09. The van der Waals surface area contributed by atoms with E-state index in [-0.39, 0.29) is 11.4 Å². The SMILES string of the molecule is CC(C)(C)OC(=O)N1CCN(c2cc(F)c(-n3cc(Br)c(-c4ccncc4)n3)cc2F)CC1. The van der Waals surface area contributed by atoms with Crippen LogP contribution in [0.2, 0.25) is 0 Å². The number of benzene rings is 1. The van der Waals surface area contributed by atoms with Crippen LogP contribution in [0.25, 0.3) is 16.9 Å². The van der Waals surface area contributed by atoms with Crippen LogP contribution in [-0.2, 0) is 4.74 Å². The van der Waals surface area contributed by atoms with Gasteiger partial charge in [0.1, 0.15) is 22.8 Å². The third-order valence-corrected chi connectivity index (χ3v) is 5.74. The van der Waals surface area contributed by atoms with E-state index in [4.69, 9.17) is 4.74 Å². The number of carbonyl (C=O) groups is 1.